The fourth-order valence-corrected chi connectivity index (χ4v) is 5.05. The number of anilines is 1. The van der Waals surface area contributed by atoms with Crippen LogP contribution in [0.25, 0.3) is 10.2 Å². The van der Waals surface area contributed by atoms with Gasteiger partial charge >= 0.3 is 0 Å². The summed E-state index contributed by atoms with van der Waals surface area (Å²) < 4.78 is 2.00. The molecule has 0 bridgehead atoms. The Balaban J connectivity index is 1.31. The van der Waals surface area contributed by atoms with Gasteiger partial charge in [-0.2, -0.15) is 0 Å². The second-order valence-corrected chi connectivity index (χ2v) is 8.69. The SMILES string of the molecule is O=C(CSc1nc2cc(Cl)ccc2s1)N1CCN(c2cccc[nH+]2)CC1. The number of aromatic nitrogens is 2. The number of fused-ring (bicyclic) bond motifs is 1. The maximum Gasteiger partial charge on any atom is 0.274 e. The Hall–Kier alpha value is -1.83. The number of H-pyrrole nitrogens is 1. The number of benzene rings is 1. The molecule has 0 aliphatic carbocycles. The fourth-order valence-electron chi connectivity index (χ4n) is 2.93. The van der Waals surface area contributed by atoms with Gasteiger partial charge in [-0.05, 0) is 24.3 Å². The number of nitrogens with zero attached hydrogens (tertiary/aromatic N) is 3. The highest BCUT2D eigenvalue weighted by Gasteiger charge is 2.26. The highest BCUT2D eigenvalue weighted by Crippen LogP contribution is 2.31. The summed E-state index contributed by atoms with van der Waals surface area (Å²) in [4.78, 5) is 24.5. The highest BCUT2D eigenvalue weighted by atomic mass is 35.5. The zero-order valence-corrected chi connectivity index (χ0v) is 16.4. The van der Waals surface area contributed by atoms with Crippen LogP contribution in [0.15, 0.2) is 46.9 Å². The minimum Gasteiger partial charge on any atom is -0.334 e. The maximum absolute atomic E-state index is 12.5. The number of carbonyl (C=O) groups is 1. The number of carbonyl (C=O) groups excluding carboxylic acids is 1. The minimum absolute atomic E-state index is 0.170. The Bertz CT molecular complexity index is 910. The summed E-state index contributed by atoms with van der Waals surface area (Å²) in [6.07, 6.45) is 1.93. The predicted octanol–water partition coefficient (Wildman–Crippen LogP) is 3.20. The van der Waals surface area contributed by atoms with Gasteiger partial charge in [-0.15, -0.1) is 11.3 Å². The second kappa shape index (κ2) is 7.82. The summed E-state index contributed by atoms with van der Waals surface area (Å²) in [6.45, 7) is 3.18. The largest absolute Gasteiger partial charge is 0.334 e. The van der Waals surface area contributed by atoms with Crippen LogP contribution in [0, 0.1) is 0 Å². The number of amides is 1. The van der Waals surface area contributed by atoms with Gasteiger partial charge in [0.05, 0.1) is 35.3 Å². The molecule has 0 saturated carbocycles. The zero-order chi connectivity index (χ0) is 17.9. The molecule has 0 spiro atoms. The van der Waals surface area contributed by atoms with Crippen LogP contribution in [0.1, 0.15) is 0 Å². The number of thiazole rings is 1. The van der Waals surface area contributed by atoms with Crippen LogP contribution in [0.2, 0.25) is 5.02 Å². The fraction of sp³-hybridized carbons (Fsp3) is 0.278. The van der Waals surface area contributed by atoms with Crippen LogP contribution in [0.4, 0.5) is 5.82 Å². The van der Waals surface area contributed by atoms with Gasteiger partial charge in [-0.3, -0.25) is 9.69 Å². The zero-order valence-electron chi connectivity index (χ0n) is 14.0. The third kappa shape index (κ3) is 3.95. The Kier molecular flexibility index (Phi) is 5.28. The van der Waals surface area contributed by atoms with Crippen molar-refractivity contribution in [1.82, 2.24) is 9.88 Å². The molecule has 0 radical (unpaired) electrons. The molecule has 1 aliphatic heterocycles. The van der Waals surface area contributed by atoms with E-state index >= 15 is 0 Å². The molecule has 3 heterocycles. The lowest BCUT2D eigenvalue weighted by Crippen LogP contribution is -2.50. The molecular formula is C18H18ClN4OS2+. The third-order valence-corrected chi connectivity index (χ3v) is 6.71. The van der Waals surface area contributed by atoms with Gasteiger partial charge in [0.15, 0.2) is 4.34 Å². The third-order valence-electron chi connectivity index (χ3n) is 4.31. The first kappa shape index (κ1) is 17.6. The van der Waals surface area contributed by atoms with Crippen molar-refractivity contribution in [3.8, 4) is 0 Å². The van der Waals surface area contributed by atoms with Crippen molar-refractivity contribution in [3.63, 3.8) is 0 Å². The molecule has 8 heteroatoms. The molecule has 3 aromatic rings. The molecule has 1 aromatic carbocycles. The first-order valence-electron chi connectivity index (χ1n) is 8.37. The van der Waals surface area contributed by atoms with Gasteiger partial charge in [-0.25, -0.2) is 9.97 Å². The maximum atomic E-state index is 12.5. The predicted molar refractivity (Wildman–Crippen MR) is 107 cm³/mol. The van der Waals surface area contributed by atoms with Crippen LogP contribution < -0.4 is 9.88 Å². The molecule has 2 aromatic heterocycles. The Morgan fingerprint density at radius 1 is 1.23 bits per heavy atom. The lowest BCUT2D eigenvalue weighted by atomic mass is 10.3. The number of aromatic amines is 1. The second-order valence-electron chi connectivity index (χ2n) is 6.00. The van der Waals surface area contributed by atoms with Crippen molar-refractivity contribution in [3.05, 3.63) is 47.6 Å². The molecule has 1 fully saturated rings. The van der Waals surface area contributed by atoms with E-state index in [0.29, 0.717) is 10.8 Å². The number of piperazine rings is 1. The number of halogens is 1. The lowest BCUT2D eigenvalue weighted by molar-refractivity contribution is -0.364. The van der Waals surface area contributed by atoms with Gasteiger partial charge in [0, 0.05) is 11.1 Å². The normalized spacial score (nSPS) is 14.8. The smallest absolute Gasteiger partial charge is 0.274 e. The van der Waals surface area contributed by atoms with E-state index in [4.69, 9.17) is 11.6 Å². The first-order valence-corrected chi connectivity index (χ1v) is 10.6. The Morgan fingerprint density at radius 2 is 2.08 bits per heavy atom. The highest BCUT2D eigenvalue weighted by molar-refractivity contribution is 8.01. The van der Waals surface area contributed by atoms with Crippen molar-refractivity contribution in [2.45, 2.75) is 4.34 Å². The lowest BCUT2D eigenvalue weighted by Gasteiger charge is -2.30. The van der Waals surface area contributed by atoms with Crippen molar-refractivity contribution >= 4 is 56.6 Å². The summed E-state index contributed by atoms with van der Waals surface area (Å²) in [5, 5.41) is 0.684. The molecule has 5 nitrogen and oxygen atoms in total. The van der Waals surface area contributed by atoms with Crippen molar-refractivity contribution in [1.29, 1.82) is 0 Å². The number of rotatable bonds is 4. The molecular weight excluding hydrogens is 388 g/mol. The number of hydrogen-bond donors (Lipinski definition) is 0. The summed E-state index contributed by atoms with van der Waals surface area (Å²) in [5.41, 5.74) is 0.894. The molecule has 0 atom stereocenters. The van der Waals surface area contributed by atoms with E-state index in [0.717, 1.165) is 46.6 Å². The topological polar surface area (TPSA) is 50.6 Å². The van der Waals surface area contributed by atoms with Crippen LogP contribution in [0.5, 0.6) is 0 Å². The molecule has 4 rings (SSSR count). The average Bonchev–Trinajstić information content (AvgIpc) is 3.09. The van der Waals surface area contributed by atoms with E-state index in [1.165, 1.54) is 11.8 Å². The Morgan fingerprint density at radius 3 is 2.85 bits per heavy atom. The summed E-state index contributed by atoms with van der Waals surface area (Å²) in [5.74, 6) is 1.69. The van der Waals surface area contributed by atoms with Gasteiger partial charge in [0.25, 0.3) is 5.82 Å². The summed E-state index contributed by atoms with van der Waals surface area (Å²) in [7, 11) is 0. The van der Waals surface area contributed by atoms with Crippen molar-refractivity contribution in [2.24, 2.45) is 0 Å². The van der Waals surface area contributed by atoms with E-state index in [1.54, 1.807) is 11.3 Å². The van der Waals surface area contributed by atoms with E-state index in [-0.39, 0.29) is 5.91 Å². The number of nitrogens with one attached hydrogen (secondary N) is 1. The minimum atomic E-state index is 0.170. The van der Waals surface area contributed by atoms with Gasteiger partial charge in [-0.1, -0.05) is 29.4 Å². The summed E-state index contributed by atoms with van der Waals surface area (Å²) in [6, 6.07) is 11.7. The average molecular weight is 406 g/mol. The molecule has 26 heavy (non-hydrogen) atoms. The van der Waals surface area contributed by atoms with E-state index < -0.39 is 0 Å². The van der Waals surface area contributed by atoms with E-state index in [2.05, 4.69) is 20.9 Å². The van der Waals surface area contributed by atoms with E-state index in [1.807, 2.05) is 41.4 Å². The molecule has 1 aliphatic rings. The van der Waals surface area contributed by atoms with Crippen LogP contribution in [0.3, 0.4) is 0 Å². The van der Waals surface area contributed by atoms with Crippen molar-refractivity contribution in [2.75, 3.05) is 36.8 Å². The first-order chi connectivity index (χ1) is 12.7. The van der Waals surface area contributed by atoms with Crippen LogP contribution in [-0.4, -0.2) is 47.7 Å². The molecule has 0 unspecified atom stereocenters. The van der Waals surface area contributed by atoms with E-state index in [9.17, 15) is 4.79 Å². The van der Waals surface area contributed by atoms with Gasteiger partial charge in [0.1, 0.15) is 13.1 Å². The molecule has 1 amide bonds. The molecule has 134 valence electrons. The van der Waals surface area contributed by atoms with Gasteiger partial charge < -0.3 is 4.90 Å². The number of hydrogen-bond acceptors (Lipinski definition) is 5. The van der Waals surface area contributed by atoms with Crippen molar-refractivity contribution < 1.29 is 9.78 Å². The molecule has 1 saturated heterocycles. The quantitative estimate of drug-likeness (QED) is 0.625. The Labute approximate surface area is 165 Å². The van der Waals surface area contributed by atoms with Crippen LogP contribution in [-0.2, 0) is 4.79 Å². The number of pyridine rings is 1. The summed E-state index contributed by atoms with van der Waals surface area (Å²) >= 11 is 9.11. The van der Waals surface area contributed by atoms with Crippen LogP contribution >= 0.6 is 34.7 Å². The van der Waals surface area contributed by atoms with Gasteiger partial charge in [0.2, 0.25) is 5.91 Å². The molecule has 1 N–H and O–H groups in total. The number of thioether (sulfide) groups is 1. The standard InChI is InChI=1S/C18H17ClN4OS2/c19-13-4-5-15-14(11-13)21-18(26-15)25-12-17(24)23-9-7-22(8-10-23)16-3-1-2-6-20-16/h1-6,11H,7-10,12H2/p+1. The monoisotopic (exact) mass is 405 g/mol.